The smallest absolute Gasteiger partial charge is 0.310 e. The van der Waals surface area contributed by atoms with E-state index >= 15 is 0 Å². The van der Waals surface area contributed by atoms with E-state index in [1.54, 1.807) is 19.1 Å². The summed E-state index contributed by atoms with van der Waals surface area (Å²) in [7, 11) is 0. The minimum Gasteiger partial charge on any atom is -0.466 e. The molecule has 7 nitrogen and oxygen atoms in total. The molecule has 2 aliphatic rings. The van der Waals surface area contributed by atoms with Crippen LogP contribution < -0.4 is 5.32 Å². The average Bonchev–Trinajstić information content (AvgIpc) is 3.17. The van der Waals surface area contributed by atoms with Crippen LogP contribution in [0.1, 0.15) is 25.0 Å². The fraction of sp³-hybridized carbons (Fsp3) is 0.414. The fourth-order valence-corrected chi connectivity index (χ4v) is 5.93. The molecule has 0 spiro atoms. The van der Waals surface area contributed by atoms with E-state index in [0.29, 0.717) is 17.1 Å². The van der Waals surface area contributed by atoms with Crippen molar-refractivity contribution < 1.29 is 24.2 Å². The summed E-state index contributed by atoms with van der Waals surface area (Å²) >= 11 is 6.39. The van der Waals surface area contributed by atoms with Crippen molar-refractivity contribution >= 4 is 35.1 Å². The van der Waals surface area contributed by atoms with Gasteiger partial charge in [0.05, 0.1) is 41.8 Å². The zero-order valence-electron chi connectivity index (χ0n) is 21.3. The highest BCUT2D eigenvalue weighted by molar-refractivity contribution is 6.34. The van der Waals surface area contributed by atoms with E-state index in [9.17, 15) is 19.5 Å². The van der Waals surface area contributed by atoms with Crippen molar-refractivity contribution in [3.8, 4) is 0 Å². The standard InChI is InChI=1S/C29H33ClN2O5/c1-4-37-29(36)23-17(2)13-14-21-24(23)28(35)32(20(16-33)15-19-10-6-5-7-11-19)26(21)27(34)31-25-18(3)9-8-12-22(25)30/h5-14,17,20-21,23-24,26,33H,4,15-16H2,1-3H3,(H,31,34)/t17-,20-,21+,23-,24+,26+/m1/s1. The van der Waals surface area contributed by atoms with Gasteiger partial charge in [0.1, 0.15) is 6.04 Å². The molecule has 0 saturated carbocycles. The van der Waals surface area contributed by atoms with Crippen molar-refractivity contribution in [3.63, 3.8) is 0 Å². The highest BCUT2D eigenvalue weighted by atomic mass is 35.5. The van der Waals surface area contributed by atoms with E-state index in [-0.39, 0.29) is 25.0 Å². The molecule has 2 amide bonds. The van der Waals surface area contributed by atoms with E-state index in [1.165, 1.54) is 4.90 Å². The van der Waals surface area contributed by atoms with Gasteiger partial charge in [0.2, 0.25) is 11.8 Å². The maximum atomic E-state index is 14.1. The summed E-state index contributed by atoms with van der Waals surface area (Å²) in [6, 6.07) is 13.2. The van der Waals surface area contributed by atoms with E-state index < -0.39 is 41.7 Å². The first-order valence-corrected chi connectivity index (χ1v) is 13.0. The second kappa shape index (κ2) is 11.5. The molecule has 6 atom stereocenters. The average molecular weight is 525 g/mol. The first-order chi connectivity index (χ1) is 17.8. The topological polar surface area (TPSA) is 95.9 Å². The molecule has 0 bridgehead atoms. The van der Waals surface area contributed by atoms with Crippen LogP contribution in [0.2, 0.25) is 5.02 Å². The molecule has 0 aromatic heterocycles. The number of fused-ring (bicyclic) bond motifs is 1. The molecule has 0 unspecified atom stereocenters. The number of ether oxygens (including phenoxy) is 1. The number of hydrogen-bond donors (Lipinski definition) is 2. The first kappa shape index (κ1) is 26.9. The van der Waals surface area contributed by atoms with Gasteiger partial charge < -0.3 is 20.1 Å². The van der Waals surface area contributed by atoms with E-state index in [1.807, 2.05) is 62.4 Å². The van der Waals surface area contributed by atoms with Crippen molar-refractivity contribution in [3.05, 3.63) is 76.8 Å². The number of amides is 2. The van der Waals surface area contributed by atoms with Gasteiger partial charge >= 0.3 is 5.97 Å². The number of aliphatic hydroxyl groups is 1. The van der Waals surface area contributed by atoms with Crippen LogP contribution in [0.3, 0.4) is 0 Å². The Morgan fingerprint density at radius 2 is 1.86 bits per heavy atom. The van der Waals surface area contributed by atoms with Gasteiger partial charge in [0.15, 0.2) is 0 Å². The van der Waals surface area contributed by atoms with Gasteiger partial charge in [0.25, 0.3) is 0 Å². The van der Waals surface area contributed by atoms with Crippen LogP contribution in [0, 0.1) is 30.6 Å². The number of carbonyl (C=O) groups is 3. The number of likely N-dealkylation sites (tertiary alicyclic amines) is 1. The molecule has 1 aliphatic carbocycles. The molecule has 2 aromatic rings. The molecule has 2 N–H and O–H groups in total. The second-order valence-electron chi connectivity index (χ2n) is 9.76. The van der Waals surface area contributed by atoms with Crippen LogP contribution in [-0.2, 0) is 25.5 Å². The van der Waals surface area contributed by atoms with Gasteiger partial charge in [-0.3, -0.25) is 14.4 Å². The Morgan fingerprint density at radius 3 is 2.51 bits per heavy atom. The molecule has 1 saturated heterocycles. The van der Waals surface area contributed by atoms with E-state index in [0.717, 1.165) is 11.1 Å². The van der Waals surface area contributed by atoms with Crippen LogP contribution in [-0.4, -0.2) is 53.1 Å². The van der Waals surface area contributed by atoms with Crippen molar-refractivity contribution in [2.75, 3.05) is 18.5 Å². The zero-order valence-corrected chi connectivity index (χ0v) is 22.0. The normalized spacial score (nSPS) is 25.5. The summed E-state index contributed by atoms with van der Waals surface area (Å²) in [5.74, 6) is -3.48. The molecule has 4 rings (SSSR count). The number of hydrogen-bond acceptors (Lipinski definition) is 5. The summed E-state index contributed by atoms with van der Waals surface area (Å²) < 4.78 is 5.34. The lowest BCUT2D eigenvalue weighted by Gasteiger charge is -2.33. The van der Waals surface area contributed by atoms with E-state index in [2.05, 4.69) is 5.32 Å². The van der Waals surface area contributed by atoms with E-state index in [4.69, 9.17) is 16.3 Å². The molecule has 1 aliphatic heterocycles. The number of aliphatic hydroxyl groups excluding tert-OH is 1. The predicted molar refractivity (Wildman–Crippen MR) is 142 cm³/mol. The lowest BCUT2D eigenvalue weighted by molar-refractivity contribution is -0.155. The molecule has 37 heavy (non-hydrogen) atoms. The van der Waals surface area contributed by atoms with Crippen LogP contribution in [0.4, 0.5) is 5.69 Å². The molecule has 1 fully saturated rings. The number of para-hydroxylation sites is 1. The molecule has 196 valence electrons. The predicted octanol–water partition coefficient (Wildman–Crippen LogP) is 4.02. The Balaban J connectivity index is 1.76. The van der Waals surface area contributed by atoms with Crippen LogP contribution in [0.25, 0.3) is 0 Å². The third-order valence-electron chi connectivity index (χ3n) is 7.42. The number of halogens is 1. The molecule has 0 radical (unpaired) electrons. The van der Waals surface area contributed by atoms with Crippen molar-refractivity contribution in [1.82, 2.24) is 4.90 Å². The van der Waals surface area contributed by atoms with Crippen molar-refractivity contribution in [1.29, 1.82) is 0 Å². The first-order valence-electron chi connectivity index (χ1n) is 12.7. The monoisotopic (exact) mass is 524 g/mol. The highest BCUT2D eigenvalue weighted by Crippen LogP contribution is 2.45. The third-order valence-corrected chi connectivity index (χ3v) is 7.74. The molecular weight excluding hydrogens is 492 g/mol. The number of allylic oxidation sites excluding steroid dienone is 1. The quantitative estimate of drug-likeness (QED) is 0.402. The number of nitrogens with one attached hydrogen (secondary N) is 1. The maximum absolute atomic E-state index is 14.1. The van der Waals surface area contributed by atoms with Crippen LogP contribution in [0.5, 0.6) is 0 Å². The lowest BCUT2D eigenvalue weighted by atomic mass is 9.70. The fourth-order valence-electron chi connectivity index (χ4n) is 5.66. The van der Waals surface area contributed by atoms with Gasteiger partial charge in [-0.2, -0.15) is 0 Å². The van der Waals surface area contributed by atoms with Crippen molar-refractivity contribution in [2.45, 2.75) is 39.3 Å². The van der Waals surface area contributed by atoms with Crippen molar-refractivity contribution in [2.24, 2.45) is 23.7 Å². The number of nitrogens with zero attached hydrogens (tertiary/aromatic N) is 1. The van der Waals surface area contributed by atoms with Gasteiger partial charge in [-0.1, -0.05) is 73.1 Å². The number of rotatable bonds is 8. The molecule has 8 heteroatoms. The van der Waals surface area contributed by atoms with Crippen LogP contribution >= 0.6 is 11.6 Å². The van der Waals surface area contributed by atoms with Crippen LogP contribution in [0.15, 0.2) is 60.7 Å². The number of esters is 1. The summed E-state index contributed by atoms with van der Waals surface area (Å²) in [5.41, 5.74) is 2.19. The molecular formula is C29H33ClN2O5. The number of aryl methyl sites for hydroxylation is 1. The third kappa shape index (κ3) is 5.29. The second-order valence-corrected chi connectivity index (χ2v) is 10.2. The maximum Gasteiger partial charge on any atom is 0.310 e. The Hall–Kier alpha value is -3.16. The highest BCUT2D eigenvalue weighted by Gasteiger charge is 2.58. The summed E-state index contributed by atoms with van der Waals surface area (Å²) in [4.78, 5) is 42.4. The Bertz CT molecular complexity index is 1160. The van der Waals surface area contributed by atoms with Gasteiger partial charge in [0, 0.05) is 5.92 Å². The Kier molecular flexibility index (Phi) is 8.35. The minimum absolute atomic E-state index is 0.198. The number of carbonyl (C=O) groups excluding carboxylic acids is 3. The zero-order chi connectivity index (χ0) is 26.7. The molecule has 2 aromatic carbocycles. The Morgan fingerprint density at radius 1 is 1.14 bits per heavy atom. The van der Waals surface area contributed by atoms with Gasteiger partial charge in [-0.25, -0.2) is 0 Å². The minimum atomic E-state index is -0.935. The van der Waals surface area contributed by atoms with Gasteiger partial charge in [-0.05, 0) is 43.4 Å². The number of anilines is 1. The van der Waals surface area contributed by atoms with Gasteiger partial charge in [-0.15, -0.1) is 0 Å². The molecule has 1 heterocycles. The summed E-state index contributed by atoms with van der Waals surface area (Å²) in [6.45, 7) is 5.31. The summed E-state index contributed by atoms with van der Waals surface area (Å²) in [5, 5.41) is 13.8. The Labute approximate surface area is 222 Å². The number of benzene rings is 2. The lowest BCUT2D eigenvalue weighted by Crippen LogP contribution is -2.51. The largest absolute Gasteiger partial charge is 0.466 e. The SMILES string of the molecule is CCOC(=O)[C@H]1[C@H]2C(=O)N([C@@H](CO)Cc3ccccc3)[C@H](C(=O)Nc3c(C)cccc3Cl)[C@H]2C=C[C@H]1C. The summed E-state index contributed by atoms with van der Waals surface area (Å²) in [6.07, 6.45) is 4.11.